The summed E-state index contributed by atoms with van der Waals surface area (Å²) >= 11 is 5.96. The molecule has 4 nitrogen and oxygen atoms in total. The molecular formula is C16H12ClNO3. The molecule has 0 bridgehead atoms. The highest BCUT2D eigenvalue weighted by Crippen LogP contribution is 2.16. The molecule has 2 rings (SSSR count). The highest BCUT2D eigenvalue weighted by Gasteiger charge is 2.06. The summed E-state index contributed by atoms with van der Waals surface area (Å²) in [4.78, 5) is 11.6. The van der Waals surface area contributed by atoms with E-state index in [2.05, 4.69) is 0 Å². The lowest BCUT2D eigenvalue weighted by Crippen LogP contribution is -2.14. The minimum absolute atomic E-state index is 0.106. The van der Waals surface area contributed by atoms with Crippen molar-refractivity contribution < 1.29 is 14.3 Å². The van der Waals surface area contributed by atoms with Crippen molar-refractivity contribution in [2.75, 3.05) is 6.61 Å². The van der Waals surface area contributed by atoms with Gasteiger partial charge in [0.25, 0.3) is 0 Å². The van der Waals surface area contributed by atoms with Crippen LogP contribution in [0.1, 0.15) is 11.1 Å². The molecular weight excluding hydrogens is 290 g/mol. The summed E-state index contributed by atoms with van der Waals surface area (Å²) in [6, 6.07) is 15.6. The summed E-state index contributed by atoms with van der Waals surface area (Å²) in [6.07, 6.45) is 0. The summed E-state index contributed by atoms with van der Waals surface area (Å²) < 4.78 is 10.3. The van der Waals surface area contributed by atoms with Crippen LogP contribution in [0, 0.1) is 11.3 Å². The fraction of sp³-hybridized carbons (Fsp3) is 0.125. The molecule has 0 aliphatic carbocycles. The zero-order chi connectivity index (χ0) is 15.1. The molecule has 0 aliphatic heterocycles. The predicted octanol–water partition coefficient (Wildman–Crippen LogP) is 3.33. The maximum Gasteiger partial charge on any atom is 0.344 e. The molecule has 0 radical (unpaired) electrons. The van der Waals surface area contributed by atoms with E-state index in [1.54, 1.807) is 36.4 Å². The van der Waals surface area contributed by atoms with E-state index in [0.29, 0.717) is 16.3 Å². The summed E-state index contributed by atoms with van der Waals surface area (Å²) in [5, 5.41) is 9.23. The van der Waals surface area contributed by atoms with Crippen LogP contribution >= 0.6 is 11.6 Å². The lowest BCUT2D eigenvalue weighted by atomic mass is 10.2. The molecule has 0 unspecified atom stereocenters. The van der Waals surface area contributed by atoms with Gasteiger partial charge in [0, 0.05) is 10.6 Å². The maximum atomic E-state index is 11.6. The van der Waals surface area contributed by atoms with Gasteiger partial charge in [-0.15, -0.1) is 0 Å². The molecule has 0 N–H and O–H groups in total. The third-order valence-corrected chi connectivity index (χ3v) is 3.06. The fourth-order valence-electron chi connectivity index (χ4n) is 1.58. The van der Waals surface area contributed by atoms with Gasteiger partial charge in [0.05, 0.1) is 11.6 Å². The number of esters is 1. The van der Waals surface area contributed by atoms with Crippen LogP contribution < -0.4 is 4.74 Å². The average molecular weight is 302 g/mol. The van der Waals surface area contributed by atoms with Gasteiger partial charge in [0.15, 0.2) is 6.61 Å². The maximum absolute atomic E-state index is 11.6. The van der Waals surface area contributed by atoms with Gasteiger partial charge in [-0.05, 0) is 30.3 Å². The first-order valence-corrected chi connectivity index (χ1v) is 6.59. The normalized spacial score (nSPS) is 9.71. The molecule has 0 aliphatic rings. The molecule has 0 spiro atoms. The first-order chi connectivity index (χ1) is 10.2. The van der Waals surface area contributed by atoms with Crippen molar-refractivity contribution in [3.8, 4) is 11.8 Å². The molecule has 2 aromatic rings. The smallest absolute Gasteiger partial charge is 0.344 e. The van der Waals surface area contributed by atoms with Crippen molar-refractivity contribution in [3.63, 3.8) is 0 Å². The molecule has 5 heteroatoms. The van der Waals surface area contributed by atoms with Gasteiger partial charge in [-0.2, -0.15) is 5.26 Å². The molecule has 106 valence electrons. The Morgan fingerprint density at radius 2 is 1.86 bits per heavy atom. The number of rotatable bonds is 5. The van der Waals surface area contributed by atoms with Crippen LogP contribution in [0.15, 0.2) is 48.5 Å². The Hall–Kier alpha value is -2.51. The van der Waals surface area contributed by atoms with Crippen LogP contribution in [-0.2, 0) is 16.1 Å². The van der Waals surface area contributed by atoms with Gasteiger partial charge in [-0.25, -0.2) is 4.79 Å². The molecule has 0 heterocycles. The number of carbonyl (C=O) groups is 1. The van der Waals surface area contributed by atoms with E-state index in [9.17, 15) is 4.79 Å². The number of ether oxygens (including phenoxy) is 2. The molecule has 0 amide bonds. The van der Waals surface area contributed by atoms with E-state index in [4.69, 9.17) is 26.3 Å². The van der Waals surface area contributed by atoms with Crippen molar-refractivity contribution in [2.45, 2.75) is 6.61 Å². The molecule has 0 saturated carbocycles. The number of hydrogen-bond donors (Lipinski definition) is 0. The minimum Gasteiger partial charge on any atom is -0.482 e. The van der Waals surface area contributed by atoms with Crippen LogP contribution in [0.4, 0.5) is 0 Å². The number of carbonyl (C=O) groups excluding carboxylic acids is 1. The van der Waals surface area contributed by atoms with Crippen molar-refractivity contribution in [2.24, 2.45) is 0 Å². The highest BCUT2D eigenvalue weighted by atomic mass is 35.5. The predicted molar refractivity (Wildman–Crippen MR) is 77.9 cm³/mol. The van der Waals surface area contributed by atoms with E-state index in [0.717, 1.165) is 5.56 Å². The zero-order valence-electron chi connectivity index (χ0n) is 11.1. The topological polar surface area (TPSA) is 59.3 Å². The van der Waals surface area contributed by atoms with Crippen LogP contribution in [-0.4, -0.2) is 12.6 Å². The van der Waals surface area contributed by atoms with Crippen LogP contribution in [0.2, 0.25) is 5.02 Å². The number of hydrogen-bond acceptors (Lipinski definition) is 4. The number of halogens is 1. The van der Waals surface area contributed by atoms with E-state index < -0.39 is 5.97 Å². The van der Waals surface area contributed by atoms with E-state index in [1.807, 2.05) is 18.2 Å². The van der Waals surface area contributed by atoms with Gasteiger partial charge in [0.2, 0.25) is 0 Å². The zero-order valence-corrected chi connectivity index (χ0v) is 11.8. The Bertz CT molecular complexity index is 662. The number of benzene rings is 2. The largest absolute Gasteiger partial charge is 0.482 e. The van der Waals surface area contributed by atoms with Gasteiger partial charge in [-0.1, -0.05) is 29.8 Å². The first kappa shape index (κ1) is 14.9. The quantitative estimate of drug-likeness (QED) is 0.795. The third kappa shape index (κ3) is 4.51. The van der Waals surface area contributed by atoms with Crippen molar-refractivity contribution >= 4 is 17.6 Å². The van der Waals surface area contributed by atoms with Gasteiger partial charge >= 0.3 is 5.97 Å². The van der Waals surface area contributed by atoms with Crippen molar-refractivity contribution in [1.29, 1.82) is 5.26 Å². The van der Waals surface area contributed by atoms with Crippen LogP contribution in [0.3, 0.4) is 0 Å². The lowest BCUT2D eigenvalue weighted by molar-refractivity contribution is -0.147. The van der Waals surface area contributed by atoms with E-state index in [1.165, 1.54) is 0 Å². The van der Waals surface area contributed by atoms with E-state index >= 15 is 0 Å². The Kier molecular flexibility index (Phi) is 5.19. The van der Waals surface area contributed by atoms with Gasteiger partial charge < -0.3 is 9.47 Å². The fourth-order valence-corrected chi connectivity index (χ4v) is 1.77. The summed E-state index contributed by atoms with van der Waals surface area (Å²) in [5.41, 5.74) is 1.27. The molecule has 0 fully saturated rings. The van der Waals surface area contributed by atoms with Crippen LogP contribution in [0.25, 0.3) is 0 Å². The summed E-state index contributed by atoms with van der Waals surface area (Å²) in [7, 11) is 0. The number of nitrogens with zero attached hydrogens (tertiary/aromatic N) is 1. The molecule has 2 aromatic carbocycles. The SMILES string of the molecule is N#Cc1ccc(OCC(=O)OCc2ccccc2Cl)cc1. The number of nitriles is 1. The summed E-state index contributed by atoms with van der Waals surface area (Å²) in [6.45, 7) is -0.0917. The Balaban J connectivity index is 1.79. The second-order valence-corrected chi connectivity index (χ2v) is 4.58. The molecule has 0 saturated heterocycles. The van der Waals surface area contributed by atoms with Gasteiger partial charge in [0.1, 0.15) is 12.4 Å². The second kappa shape index (κ2) is 7.32. The van der Waals surface area contributed by atoms with Crippen molar-refractivity contribution in [1.82, 2.24) is 0 Å². The van der Waals surface area contributed by atoms with Gasteiger partial charge in [-0.3, -0.25) is 0 Å². The molecule has 0 atom stereocenters. The monoisotopic (exact) mass is 301 g/mol. The minimum atomic E-state index is -0.487. The third-order valence-electron chi connectivity index (χ3n) is 2.69. The van der Waals surface area contributed by atoms with Crippen LogP contribution in [0.5, 0.6) is 5.75 Å². The second-order valence-electron chi connectivity index (χ2n) is 4.18. The lowest BCUT2D eigenvalue weighted by Gasteiger charge is -2.08. The first-order valence-electron chi connectivity index (χ1n) is 6.21. The molecule has 0 aromatic heterocycles. The Labute approximate surface area is 127 Å². The highest BCUT2D eigenvalue weighted by molar-refractivity contribution is 6.31. The summed E-state index contributed by atoms with van der Waals surface area (Å²) in [5.74, 6) is 0.0166. The Morgan fingerprint density at radius 1 is 1.14 bits per heavy atom. The Morgan fingerprint density at radius 3 is 2.52 bits per heavy atom. The molecule has 21 heavy (non-hydrogen) atoms. The van der Waals surface area contributed by atoms with E-state index in [-0.39, 0.29) is 13.2 Å². The average Bonchev–Trinajstić information content (AvgIpc) is 2.52. The standard InChI is InChI=1S/C16H12ClNO3/c17-15-4-2-1-3-13(15)10-21-16(19)11-20-14-7-5-12(9-18)6-8-14/h1-8H,10-11H2. The van der Waals surface area contributed by atoms with Crippen molar-refractivity contribution in [3.05, 3.63) is 64.7 Å².